The molecule has 0 spiro atoms. The molecule has 0 amide bonds. The Morgan fingerprint density at radius 1 is 1.05 bits per heavy atom. The summed E-state index contributed by atoms with van der Waals surface area (Å²) in [6.45, 7) is 6.23. The summed E-state index contributed by atoms with van der Waals surface area (Å²) in [4.78, 5) is 2.48. The summed E-state index contributed by atoms with van der Waals surface area (Å²) >= 11 is 7.66. The van der Waals surface area contributed by atoms with Gasteiger partial charge < -0.3 is 5.32 Å². The third-order valence-corrected chi connectivity index (χ3v) is 4.18. The van der Waals surface area contributed by atoms with Crippen LogP contribution in [0.25, 0.3) is 0 Å². The van der Waals surface area contributed by atoms with E-state index in [4.69, 9.17) is 11.6 Å². The molecule has 0 bridgehead atoms. The lowest BCUT2D eigenvalue weighted by molar-refractivity contribution is 0.723. The van der Waals surface area contributed by atoms with Crippen LogP contribution in [0, 0.1) is 6.92 Å². The van der Waals surface area contributed by atoms with Gasteiger partial charge in [0.25, 0.3) is 0 Å². The van der Waals surface area contributed by atoms with Gasteiger partial charge in [0.05, 0.1) is 0 Å². The Labute approximate surface area is 124 Å². The average Bonchev–Trinajstić information content (AvgIpc) is 2.41. The van der Waals surface area contributed by atoms with Crippen molar-refractivity contribution in [3.05, 3.63) is 58.6 Å². The van der Waals surface area contributed by atoms with Gasteiger partial charge in [0.2, 0.25) is 0 Å². The molecule has 3 heteroatoms. The second-order valence-corrected chi connectivity index (χ2v) is 6.01. The highest BCUT2D eigenvalue weighted by molar-refractivity contribution is 7.99. The van der Waals surface area contributed by atoms with Crippen LogP contribution in [-0.4, -0.2) is 6.54 Å². The highest BCUT2D eigenvalue weighted by atomic mass is 35.5. The lowest BCUT2D eigenvalue weighted by Gasteiger charge is -2.09. The Bertz CT molecular complexity index is 537. The summed E-state index contributed by atoms with van der Waals surface area (Å²) in [5, 5.41) is 4.14. The van der Waals surface area contributed by atoms with Crippen LogP contribution in [-0.2, 0) is 6.54 Å². The van der Waals surface area contributed by atoms with Crippen molar-refractivity contribution in [1.29, 1.82) is 0 Å². The molecule has 2 rings (SSSR count). The fourth-order valence-electron chi connectivity index (χ4n) is 1.83. The molecule has 0 saturated carbocycles. The van der Waals surface area contributed by atoms with E-state index in [1.54, 1.807) is 11.8 Å². The molecular formula is C16H18ClNS. The van der Waals surface area contributed by atoms with Crippen molar-refractivity contribution in [3.8, 4) is 0 Å². The minimum absolute atomic E-state index is 0.779. The molecule has 0 aliphatic rings. The molecule has 0 heterocycles. The molecule has 0 fully saturated rings. The highest BCUT2D eigenvalue weighted by Crippen LogP contribution is 2.29. The van der Waals surface area contributed by atoms with Gasteiger partial charge in [-0.05, 0) is 61.0 Å². The number of aryl methyl sites for hydroxylation is 1. The fraction of sp³-hybridized carbons (Fsp3) is 0.250. The molecule has 0 aliphatic heterocycles. The van der Waals surface area contributed by atoms with E-state index in [-0.39, 0.29) is 0 Å². The maximum absolute atomic E-state index is 5.89. The zero-order valence-electron chi connectivity index (χ0n) is 11.2. The number of hydrogen-bond donors (Lipinski definition) is 1. The first kappa shape index (κ1) is 14.4. The van der Waals surface area contributed by atoms with Gasteiger partial charge in [0.1, 0.15) is 0 Å². The van der Waals surface area contributed by atoms with Gasteiger partial charge in [-0.25, -0.2) is 0 Å². The number of halogens is 1. The van der Waals surface area contributed by atoms with E-state index in [1.165, 1.54) is 20.9 Å². The molecule has 1 N–H and O–H groups in total. The van der Waals surface area contributed by atoms with Gasteiger partial charge in [-0.3, -0.25) is 0 Å². The van der Waals surface area contributed by atoms with Crippen LogP contribution < -0.4 is 5.32 Å². The fourth-order valence-corrected chi connectivity index (χ4v) is 2.87. The molecule has 19 heavy (non-hydrogen) atoms. The predicted octanol–water partition coefficient (Wildman–Crippen LogP) is 4.91. The lowest BCUT2D eigenvalue weighted by Crippen LogP contribution is -2.12. The molecular weight excluding hydrogens is 274 g/mol. The first-order valence-corrected chi connectivity index (χ1v) is 7.62. The molecule has 2 aromatic carbocycles. The Hall–Kier alpha value is -0.960. The molecule has 0 atom stereocenters. The van der Waals surface area contributed by atoms with Crippen LogP contribution in [0.4, 0.5) is 0 Å². The minimum atomic E-state index is 0.779. The van der Waals surface area contributed by atoms with Gasteiger partial charge in [0, 0.05) is 21.4 Å². The summed E-state index contributed by atoms with van der Waals surface area (Å²) in [5.74, 6) is 0. The quantitative estimate of drug-likeness (QED) is 0.840. The maximum atomic E-state index is 5.89. The Morgan fingerprint density at radius 3 is 2.37 bits per heavy atom. The van der Waals surface area contributed by atoms with E-state index in [0.29, 0.717) is 0 Å². The Kier molecular flexibility index (Phi) is 5.32. The molecule has 1 nitrogen and oxygen atoms in total. The molecule has 100 valence electrons. The third-order valence-electron chi connectivity index (χ3n) is 2.93. The van der Waals surface area contributed by atoms with Crippen molar-refractivity contribution in [2.75, 3.05) is 6.54 Å². The van der Waals surface area contributed by atoms with E-state index < -0.39 is 0 Å². The van der Waals surface area contributed by atoms with Crippen LogP contribution in [0.2, 0.25) is 5.02 Å². The highest BCUT2D eigenvalue weighted by Gasteiger charge is 2.02. The average molecular weight is 292 g/mol. The topological polar surface area (TPSA) is 12.0 Å². The van der Waals surface area contributed by atoms with Crippen molar-refractivity contribution >= 4 is 23.4 Å². The van der Waals surface area contributed by atoms with Crippen molar-refractivity contribution in [3.63, 3.8) is 0 Å². The normalized spacial score (nSPS) is 10.7. The molecule has 0 radical (unpaired) electrons. The maximum Gasteiger partial charge on any atom is 0.0406 e. The van der Waals surface area contributed by atoms with E-state index in [1.807, 2.05) is 12.1 Å². The van der Waals surface area contributed by atoms with Gasteiger partial charge in [-0.1, -0.05) is 36.4 Å². The summed E-state index contributed by atoms with van der Waals surface area (Å²) in [6, 6.07) is 14.6. The lowest BCUT2D eigenvalue weighted by atomic mass is 10.1. The van der Waals surface area contributed by atoms with Crippen LogP contribution in [0.3, 0.4) is 0 Å². The van der Waals surface area contributed by atoms with Crippen molar-refractivity contribution < 1.29 is 0 Å². The second-order valence-electron chi connectivity index (χ2n) is 4.42. The molecule has 0 aliphatic carbocycles. The van der Waals surface area contributed by atoms with Gasteiger partial charge in [-0.2, -0.15) is 0 Å². The van der Waals surface area contributed by atoms with Gasteiger partial charge in [0.15, 0.2) is 0 Å². The van der Waals surface area contributed by atoms with E-state index >= 15 is 0 Å². The predicted molar refractivity (Wildman–Crippen MR) is 84.1 cm³/mol. The summed E-state index contributed by atoms with van der Waals surface area (Å²) in [5.41, 5.74) is 2.70. The molecule has 0 aromatic heterocycles. The molecule has 2 aromatic rings. The molecule has 0 saturated heterocycles. The van der Waals surface area contributed by atoms with Crippen LogP contribution in [0.15, 0.2) is 52.3 Å². The SMILES string of the molecule is CCNCc1ccc(Sc2ccc(Cl)cc2)cc1C. The monoisotopic (exact) mass is 291 g/mol. The number of rotatable bonds is 5. The first-order chi connectivity index (χ1) is 9.19. The Morgan fingerprint density at radius 2 is 1.74 bits per heavy atom. The van der Waals surface area contributed by atoms with Crippen LogP contribution >= 0.6 is 23.4 Å². The van der Waals surface area contributed by atoms with Crippen molar-refractivity contribution in [2.24, 2.45) is 0 Å². The minimum Gasteiger partial charge on any atom is -0.313 e. The zero-order valence-corrected chi connectivity index (χ0v) is 12.8. The third kappa shape index (κ3) is 4.27. The van der Waals surface area contributed by atoms with Crippen molar-refractivity contribution in [2.45, 2.75) is 30.2 Å². The smallest absolute Gasteiger partial charge is 0.0406 e. The van der Waals surface area contributed by atoms with Crippen LogP contribution in [0.5, 0.6) is 0 Å². The number of nitrogens with one attached hydrogen (secondary N) is 1. The standard InChI is InChI=1S/C16H18ClNS/c1-3-18-11-13-4-7-16(10-12(13)2)19-15-8-5-14(17)6-9-15/h4-10,18H,3,11H2,1-2H3. The number of benzene rings is 2. The summed E-state index contributed by atoms with van der Waals surface area (Å²) in [6.07, 6.45) is 0. The van der Waals surface area contributed by atoms with Gasteiger partial charge >= 0.3 is 0 Å². The zero-order chi connectivity index (χ0) is 13.7. The first-order valence-electron chi connectivity index (χ1n) is 6.42. The Balaban J connectivity index is 2.09. The van der Waals surface area contributed by atoms with Crippen molar-refractivity contribution in [1.82, 2.24) is 5.32 Å². The molecule has 0 unspecified atom stereocenters. The van der Waals surface area contributed by atoms with Gasteiger partial charge in [-0.15, -0.1) is 0 Å². The summed E-state index contributed by atoms with van der Waals surface area (Å²) < 4.78 is 0. The summed E-state index contributed by atoms with van der Waals surface area (Å²) in [7, 11) is 0. The van der Waals surface area contributed by atoms with E-state index in [0.717, 1.165) is 18.1 Å². The van der Waals surface area contributed by atoms with E-state index in [9.17, 15) is 0 Å². The second kappa shape index (κ2) is 6.99. The van der Waals surface area contributed by atoms with E-state index in [2.05, 4.69) is 49.5 Å². The number of hydrogen-bond acceptors (Lipinski definition) is 2. The largest absolute Gasteiger partial charge is 0.313 e. The van der Waals surface area contributed by atoms with Crippen LogP contribution in [0.1, 0.15) is 18.1 Å².